The van der Waals surface area contributed by atoms with Crippen LogP contribution < -0.4 is 0 Å². The molecule has 0 amide bonds. The van der Waals surface area contributed by atoms with Gasteiger partial charge in [-0.25, -0.2) is 0 Å². The van der Waals surface area contributed by atoms with E-state index in [1.54, 1.807) is 6.92 Å². The Balaban J connectivity index is 2.93. The Bertz CT molecular complexity index is 304. The predicted molar refractivity (Wildman–Crippen MR) is 76.8 cm³/mol. The molecule has 0 saturated heterocycles. The van der Waals surface area contributed by atoms with Gasteiger partial charge in [0.25, 0.3) is 0 Å². The van der Waals surface area contributed by atoms with Gasteiger partial charge in [0.1, 0.15) is 5.60 Å². The van der Waals surface area contributed by atoms with E-state index in [4.69, 9.17) is 4.74 Å². The maximum atomic E-state index is 12.5. The highest BCUT2D eigenvalue weighted by Crippen LogP contribution is 2.46. The van der Waals surface area contributed by atoms with E-state index in [1.807, 2.05) is 6.92 Å². The SMILES string of the molecule is CCC(C)(CO)C(=O)OC1(C(C)(C)C)CCCCC1. The monoisotopic (exact) mass is 270 g/mol. The van der Waals surface area contributed by atoms with Gasteiger partial charge in [-0.2, -0.15) is 0 Å². The van der Waals surface area contributed by atoms with Crippen molar-refractivity contribution >= 4 is 5.97 Å². The van der Waals surface area contributed by atoms with Crippen LogP contribution in [0.15, 0.2) is 0 Å². The summed E-state index contributed by atoms with van der Waals surface area (Å²) in [6.45, 7) is 9.99. The molecule has 0 heterocycles. The van der Waals surface area contributed by atoms with Gasteiger partial charge in [0.2, 0.25) is 0 Å². The summed E-state index contributed by atoms with van der Waals surface area (Å²) in [5.41, 5.74) is -1.20. The van der Waals surface area contributed by atoms with Crippen LogP contribution in [0.5, 0.6) is 0 Å². The molecule has 1 atom stereocenters. The number of esters is 1. The van der Waals surface area contributed by atoms with Gasteiger partial charge < -0.3 is 9.84 Å². The number of carbonyl (C=O) groups is 1. The molecule has 0 radical (unpaired) electrons. The first kappa shape index (κ1) is 16.5. The van der Waals surface area contributed by atoms with Gasteiger partial charge in [0.15, 0.2) is 0 Å². The van der Waals surface area contributed by atoms with Gasteiger partial charge in [-0.1, -0.05) is 34.1 Å². The molecule has 0 aromatic carbocycles. The molecule has 0 bridgehead atoms. The molecule has 0 aromatic rings. The zero-order valence-electron chi connectivity index (χ0n) is 13.2. The summed E-state index contributed by atoms with van der Waals surface area (Å²) in [6, 6.07) is 0. The predicted octanol–water partition coefficient (Wildman–Crippen LogP) is 3.69. The molecule has 1 rings (SSSR count). The minimum Gasteiger partial charge on any atom is -0.458 e. The first-order valence-corrected chi connectivity index (χ1v) is 7.55. The Kier molecular flexibility index (Phi) is 5.05. The van der Waals surface area contributed by atoms with Crippen molar-refractivity contribution in [3.63, 3.8) is 0 Å². The Hall–Kier alpha value is -0.570. The van der Waals surface area contributed by atoms with Gasteiger partial charge >= 0.3 is 5.97 Å². The highest BCUT2D eigenvalue weighted by Gasteiger charge is 2.48. The molecule has 0 aliphatic heterocycles. The quantitative estimate of drug-likeness (QED) is 0.793. The second-order valence-electron chi connectivity index (χ2n) is 7.27. The molecule has 1 unspecified atom stereocenters. The van der Waals surface area contributed by atoms with Crippen LogP contribution in [0.2, 0.25) is 0 Å². The molecular formula is C16H30O3. The van der Waals surface area contributed by atoms with E-state index < -0.39 is 5.41 Å². The van der Waals surface area contributed by atoms with E-state index in [9.17, 15) is 9.90 Å². The first-order chi connectivity index (χ1) is 8.71. The molecule has 1 N–H and O–H groups in total. The molecule has 1 fully saturated rings. The fourth-order valence-corrected chi connectivity index (χ4v) is 2.75. The highest BCUT2D eigenvalue weighted by atomic mass is 16.6. The lowest BCUT2D eigenvalue weighted by Crippen LogP contribution is -2.51. The zero-order chi connectivity index (χ0) is 14.7. The number of aliphatic hydroxyl groups is 1. The summed E-state index contributed by atoms with van der Waals surface area (Å²) >= 11 is 0. The summed E-state index contributed by atoms with van der Waals surface area (Å²) in [5, 5.41) is 9.47. The Morgan fingerprint density at radius 1 is 1.16 bits per heavy atom. The van der Waals surface area contributed by atoms with Crippen LogP contribution in [0.4, 0.5) is 0 Å². The Morgan fingerprint density at radius 3 is 2.05 bits per heavy atom. The van der Waals surface area contributed by atoms with Crippen molar-refractivity contribution in [3.05, 3.63) is 0 Å². The fourth-order valence-electron chi connectivity index (χ4n) is 2.75. The molecule has 19 heavy (non-hydrogen) atoms. The first-order valence-electron chi connectivity index (χ1n) is 7.55. The molecule has 3 heteroatoms. The average Bonchev–Trinajstić information content (AvgIpc) is 2.37. The van der Waals surface area contributed by atoms with Crippen molar-refractivity contribution in [2.45, 2.75) is 78.7 Å². The number of carbonyl (C=O) groups excluding carboxylic acids is 1. The van der Waals surface area contributed by atoms with E-state index in [2.05, 4.69) is 20.8 Å². The van der Waals surface area contributed by atoms with Gasteiger partial charge in [-0.3, -0.25) is 4.79 Å². The largest absolute Gasteiger partial charge is 0.458 e. The molecule has 3 nitrogen and oxygen atoms in total. The van der Waals surface area contributed by atoms with Crippen LogP contribution in [0.25, 0.3) is 0 Å². The number of hydrogen-bond acceptors (Lipinski definition) is 3. The minimum atomic E-state index is -0.768. The molecule has 1 saturated carbocycles. The zero-order valence-corrected chi connectivity index (χ0v) is 13.2. The minimum absolute atomic E-state index is 0.0623. The number of hydrogen-bond donors (Lipinski definition) is 1. The third-order valence-corrected chi connectivity index (χ3v) is 4.94. The summed E-state index contributed by atoms with van der Waals surface area (Å²) in [6.07, 6.45) is 5.93. The van der Waals surface area contributed by atoms with Crippen molar-refractivity contribution in [2.24, 2.45) is 10.8 Å². The van der Waals surface area contributed by atoms with Crippen molar-refractivity contribution in [3.8, 4) is 0 Å². The Morgan fingerprint density at radius 2 is 1.68 bits per heavy atom. The maximum Gasteiger partial charge on any atom is 0.314 e. The van der Waals surface area contributed by atoms with Gasteiger partial charge in [-0.15, -0.1) is 0 Å². The topological polar surface area (TPSA) is 46.5 Å². The lowest BCUT2D eigenvalue weighted by Gasteiger charge is -2.47. The lowest BCUT2D eigenvalue weighted by molar-refractivity contribution is -0.193. The summed E-state index contributed by atoms with van der Waals surface area (Å²) in [5.74, 6) is -0.241. The van der Waals surface area contributed by atoms with Crippen molar-refractivity contribution in [1.82, 2.24) is 0 Å². The molecule has 0 aromatic heterocycles. The number of aliphatic hydroxyl groups excluding tert-OH is 1. The van der Waals surface area contributed by atoms with E-state index in [0.717, 1.165) is 25.7 Å². The summed E-state index contributed by atoms with van der Waals surface area (Å²) < 4.78 is 5.99. The second-order valence-corrected chi connectivity index (χ2v) is 7.27. The average molecular weight is 270 g/mol. The summed E-state index contributed by atoms with van der Waals surface area (Å²) in [4.78, 5) is 12.5. The summed E-state index contributed by atoms with van der Waals surface area (Å²) in [7, 11) is 0. The van der Waals surface area contributed by atoms with Crippen LogP contribution in [-0.2, 0) is 9.53 Å². The standard InChI is InChI=1S/C16H30O3/c1-6-15(5,12-17)13(18)19-16(14(2,3)4)10-8-7-9-11-16/h17H,6-12H2,1-5H3. The number of rotatable bonds is 4. The van der Waals surface area contributed by atoms with Crippen LogP contribution in [0.1, 0.15) is 73.1 Å². The normalized spacial score (nSPS) is 22.6. The molecule has 1 aliphatic rings. The third kappa shape index (κ3) is 3.31. The number of ether oxygens (including phenoxy) is 1. The van der Waals surface area contributed by atoms with Crippen LogP contribution >= 0.6 is 0 Å². The second kappa shape index (κ2) is 5.82. The van der Waals surface area contributed by atoms with E-state index >= 15 is 0 Å². The van der Waals surface area contributed by atoms with Gasteiger partial charge in [-0.05, 0) is 39.0 Å². The lowest BCUT2D eigenvalue weighted by atomic mass is 9.68. The smallest absolute Gasteiger partial charge is 0.314 e. The van der Waals surface area contributed by atoms with Gasteiger partial charge in [0.05, 0.1) is 12.0 Å². The van der Waals surface area contributed by atoms with Gasteiger partial charge in [0, 0.05) is 5.41 Å². The van der Waals surface area contributed by atoms with Crippen molar-refractivity contribution in [1.29, 1.82) is 0 Å². The molecule has 1 aliphatic carbocycles. The maximum absolute atomic E-state index is 12.5. The van der Waals surface area contributed by atoms with Crippen LogP contribution in [0.3, 0.4) is 0 Å². The molecule has 112 valence electrons. The van der Waals surface area contributed by atoms with Crippen molar-refractivity contribution < 1.29 is 14.6 Å². The third-order valence-electron chi connectivity index (χ3n) is 4.94. The molecular weight excluding hydrogens is 240 g/mol. The highest BCUT2D eigenvalue weighted by molar-refractivity contribution is 5.77. The van der Waals surface area contributed by atoms with E-state index in [0.29, 0.717) is 6.42 Å². The Labute approximate surface area is 117 Å². The van der Waals surface area contributed by atoms with Crippen molar-refractivity contribution in [2.75, 3.05) is 6.61 Å². The van der Waals surface area contributed by atoms with E-state index in [1.165, 1.54) is 6.42 Å². The van der Waals surface area contributed by atoms with Crippen LogP contribution in [-0.4, -0.2) is 23.3 Å². The van der Waals surface area contributed by atoms with E-state index in [-0.39, 0.29) is 23.6 Å². The molecule has 0 spiro atoms. The van der Waals surface area contributed by atoms with Crippen LogP contribution in [0, 0.1) is 10.8 Å². The fraction of sp³-hybridized carbons (Fsp3) is 0.938.